The maximum atomic E-state index is 14.3. The largest absolute Gasteiger partial charge is 0.327 e. The van der Waals surface area contributed by atoms with Crippen LogP contribution in [-0.2, 0) is 4.79 Å². The summed E-state index contributed by atoms with van der Waals surface area (Å²) in [5, 5.41) is 6.78. The molecule has 2 fully saturated rings. The third kappa shape index (κ3) is 3.16. The zero-order chi connectivity index (χ0) is 17.4. The van der Waals surface area contributed by atoms with Crippen molar-refractivity contribution in [1.82, 2.24) is 14.8 Å². The Kier molecular flexibility index (Phi) is 4.25. The minimum atomic E-state index is -0.453. The van der Waals surface area contributed by atoms with Crippen molar-refractivity contribution < 1.29 is 9.18 Å². The van der Waals surface area contributed by atoms with Gasteiger partial charge in [0.15, 0.2) is 5.82 Å². The summed E-state index contributed by atoms with van der Waals surface area (Å²) >= 11 is 0. The number of rotatable bonds is 3. The number of carbonyl (C=O) groups is 1. The standard InChI is InChI=1S/C18H22FN5O/c19-15-8-14(4-5-16(15)24-10-21-9-22-24)23-18(25)13-6-11-2-1-3-12(7-13)17(11)20/h4-5,8-13,17H,1-3,6-7,20H2,(H,23,25). The van der Waals surface area contributed by atoms with Gasteiger partial charge in [0.1, 0.15) is 18.3 Å². The van der Waals surface area contributed by atoms with Gasteiger partial charge in [0, 0.05) is 17.6 Å². The molecule has 1 amide bonds. The van der Waals surface area contributed by atoms with Crippen LogP contribution in [0.3, 0.4) is 0 Å². The number of nitrogens with zero attached hydrogens (tertiary/aromatic N) is 3. The minimum absolute atomic E-state index is 0.0308. The fraction of sp³-hybridized carbons (Fsp3) is 0.500. The van der Waals surface area contributed by atoms with Crippen LogP contribution in [0.15, 0.2) is 30.9 Å². The van der Waals surface area contributed by atoms with E-state index in [2.05, 4.69) is 15.4 Å². The summed E-state index contributed by atoms with van der Waals surface area (Å²) in [6.07, 6.45) is 7.89. The summed E-state index contributed by atoms with van der Waals surface area (Å²) in [6.45, 7) is 0. The zero-order valence-corrected chi connectivity index (χ0v) is 13.9. The quantitative estimate of drug-likeness (QED) is 0.896. The highest BCUT2D eigenvalue weighted by Gasteiger charge is 2.40. The maximum absolute atomic E-state index is 14.3. The molecule has 2 aromatic rings. The molecule has 0 spiro atoms. The molecule has 1 heterocycles. The van der Waals surface area contributed by atoms with E-state index in [1.807, 2.05) is 0 Å². The van der Waals surface area contributed by atoms with E-state index in [0.717, 1.165) is 25.7 Å². The predicted molar refractivity (Wildman–Crippen MR) is 91.5 cm³/mol. The van der Waals surface area contributed by atoms with Crippen molar-refractivity contribution >= 4 is 11.6 Å². The second-order valence-electron chi connectivity index (χ2n) is 7.19. The van der Waals surface area contributed by atoms with E-state index < -0.39 is 5.82 Å². The average molecular weight is 343 g/mol. The molecule has 6 nitrogen and oxygen atoms in total. The number of fused-ring (bicyclic) bond motifs is 2. The molecule has 1 aromatic carbocycles. The first-order valence-corrected chi connectivity index (χ1v) is 8.83. The number of hydrogen-bond donors (Lipinski definition) is 2. The van der Waals surface area contributed by atoms with E-state index in [1.165, 1.54) is 29.8 Å². The highest BCUT2D eigenvalue weighted by Crippen LogP contribution is 2.42. The van der Waals surface area contributed by atoms with Crippen LogP contribution in [0.1, 0.15) is 32.1 Å². The fourth-order valence-corrected chi connectivity index (χ4v) is 4.35. The molecule has 7 heteroatoms. The molecule has 2 aliphatic carbocycles. The summed E-state index contributed by atoms with van der Waals surface area (Å²) < 4.78 is 15.6. The van der Waals surface area contributed by atoms with Crippen molar-refractivity contribution in [2.24, 2.45) is 23.5 Å². The molecule has 2 aliphatic rings. The molecule has 0 saturated heterocycles. The van der Waals surface area contributed by atoms with Crippen LogP contribution in [0, 0.1) is 23.6 Å². The topological polar surface area (TPSA) is 85.8 Å². The van der Waals surface area contributed by atoms with E-state index in [9.17, 15) is 9.18 Å². The molecule has 2 unspecified atom stereocenters. The van der Waals surface area contributed by atoms with Crippen LogP contribution in [0.2, 0.25) is 0 Å². The average Bonchev–Trinajstić information content (AvgIpc) is 3.08. The molecule has 132 valence electrons. The highest BCUT2D eigenvalue weighted by atomic mass is 19.1. The second kappa shape index (κ2) is 6.55. The zero-order valence-electron chi connectivity index (χ0n) is 13.9. The lowest BCUT2D eigenvalue weighted by molar-refractivity contribution is -0.122. The van der Waals surface area contributed by atoms with Gasteiger partial charge in [-0.3, -0.25) is 4.79 Å². The van der Waals surface area contributed by atoms with Crippen molar-refractivity contribution in [2.45, 2.75) is 38.1 Å². The number of anilines is 1. The Bertz CT molecular complexity index is 749. The summed E-state index contributed by atoms with van der Waals surface area (Å²) in [5.41, 5.74) is 7.05. The third-order valence-corrected chi connectivity index (χ3v) is 5.66. The van der Waals surface area contributed by atoms with E-state index in [-0.39, 0.29) is 17.9 Å². The van der Waals surface area contributed by atoms with Crippen LogP contribution in [0.25, 0.3) is 5.69 Å². The molecule has 0 radical (unpaired) electrons. The summed E-state index contributed by atoms with van der Waals surface area (Å²) in [4.78, 5) is 16.4. The van der Waals surface area contributed by atoms with Gasteiger partial charge in [-0.1, -0.05) is 6.42 Å². The lowest BCUT2D eigenvalue weighted by atomic mass is 9.65. The van der Waals surface area contributed by atoms with Crippen LogP contribution >= 0.6 is 0 Å². The summed E-state index contributed by atoms with van der Waals surface area (Å²) in [7, 11) is 0. The number of hydrogen-bond acceptors (Lipinski definition) is 4. The van der Waals surface area contributed by atoms with Gasteiger partial charge in [0.05, 0.1) is 0 Å². The smallest absolute Gasteiger partial charge is 0.227 e. The number of halogens is 1. The van der Waals surface area contributed by atoms with E-state index in [1.54, 1.807) is 12.1 Å². The first-order chi connectivity index (χ1) is 12.1. The Morgan fingerprint density at radius 2 is 2.04 bits per heavy atom. The number of nitrogens with two attached hydrogens (primary N) is 1. The molecular weight excluding hydrogens is 321 g/mol. The molecule has 2 bridgehead atoms. The number of amides is 1. The Hall–Kier alpha value is -2.28. The molecule has 2 atom stereocenters. The van der Waals surface area contributed by atoms with Gasteiger partial charge in [0.25, 0.3) is 0 Å². The van der Waals surface area contributed by atoms with Crippen LogP contribution in [0.4, 0.5) is 10.1 Å². The molecule has 1 aromatic heterocycles. The molecule has 4 rings (SSSR count). The molecule has 2 saturated carbocycles. The van der Waals surface area contributed by atoms with Gasteiger partial charge < -0.3 is 11.1 Å². The number of nitrogens with one attached hydrogen (secondary N) is 1. The molecule has 3 N–H and O–H groups in total. The normalized spacial score (nSPS) is 28.6. The fourth-order valence-electron chi connectivity index (χ4n) is 4.35. The van der Waals surface area contributed by atoms with Gasteiger partial charge >= 0.3 is 0 Å². The van der Waals surface area contributed by atoms with Crippen molar-refractivity contribution in [3.8, 4) is 5.69 Å². The van der Waals surface area contributed by atoms with Crippen molar-refractivity contribution in [3.05, 3.63) is 36.7 Å². The molecule has 0 aliphatic heterocycles. The summed E-state index contributed by atoms with van der Waals surface area (Å²) in [5.74, 6) is 0.361. The third-order valence-electron chi connectivity index (χ3n) is 5.66. The minimum Gasteiger partial charge on any atom is -0.327 e. The van der Waals surface area contributed by atoms with E-state index >= 15 is 0 Å². The summed E-state index contributed by atoms with van der Waals surface area (Å²) in [6, 6.07) is 4.83. The van der Waals surface area contributed by atoms with Gasteiger partial charge in [-0.25, -0.2) is 14.1 Å². The van der Waals surface area contributed by atoms with Crippen LogP contribution in [-0.4, -0.2) is 26.7 Å². The van der Waals surface area contributed by atoms with Crippen molar-refractivity contribution in [1.29, 1.82) is 0 Å². The lowest BCUT2D eigenvalue weighted by Gasteiger charge is -2.43. The van der Waals surface area contributed by atoms with Crippen LogP contribution in [0.5, 0.6) is 0 Å². The maximum Gasteiger partial charge on any atom is 0.227 e. The van der Waals surface area contributed by atoms with Crippen molar-refractivity contribution in [2.75, 3.05) is 5.32 Å². The Morgan fingerprint density at radius 1 is 1.28 bits per heavy atom. The van der Waals surface area contributed by atoms with Gasteiger partial charge in [-0.2, -0.15) is 5.10 Å². The predicted octanol–water partition coefficient (Wildman–Crippen LogP) is 2.50. The van der Waals surface area contributed by atoms with Crippen LogP contribution < -0.4 is 11.1 Å². The SMILES string of the molecule is NC1C2CCCC1CC(C(=O)Nc1ccc(-n3cncn3)c(F)c1)C2. The molecule has 25 heavy (non-hydrogen) atoms. The monoisotopic (exact) mass is 343 g/mol. The highest BCUT2D eigenvalue weighted by molar-refractivity contribution is 5.92. The van der Waals surface area contributed by atoms with E-state index in [0.29, 0.717) is 23.2 Å². The van der Waals surface area contributed by atoms with Gasteiger partial charge in [0.2, 0.25) is 5.91 Å². The Labute approximate surface area is 145 Å². The van der Waals surface area contributed by atoms with E-state index in [4.69, 9.17) is 5.73 Å². The molecular formula is C18H22FN5O. The first-order valence-electron chi connectivity index (χ1n) is 8.83. The lowest BCUT2D eigenvalue weighted by Crippen LogP contribution is -2.48. The Balaban J connectivity index is 1.45. The van der Waals surface area contributed by atoms with Gasteiger partial charge in [-0.15, -0.1) is 0 Å². The second-order valence-corrected chi connectivity index (χ2v) is 7.19. The number of benzene rings is 1. The number of carbonyl (C=O) groups excluding carboxylic acids is 1. The van der Waals surface area contributed by atoms with Crippen molar-refractivity contribution in [3.63, 3.8) is 0 Å². The van der Waals surface area contributed by atoms with Gasteiger partial charge in [-0.05, 0) is 55.7 Å². The number of aromatic nitrogens is 3. The first kappa shape index (κ1) is 16.2. The Morgan fingerprint density at radius 3 is 2.68 bits per heavy atom.